The maximum absolute atomic E-state index is 12.4. The molecule has 0 saturated carbocycles. The number of amides is 1. The van der Waals surface area contributed by atoms with Gasteiger partial charge in [0.25, 0.3) is 5.91 Å². The first-order valence-corrected chi connectivity index (χ1v) is 8.16. The second kappa shape index (κ2) is 8.13. The van der Waals surface area contributed by atoms with Gasteiger partial charge in [0.15, 0.2) is 0 Å². The Morgan fingerprint density at radius 1 is 1.39 bits per heavy atom. The zero-order valence-corrected chi connectivity index (χ0v) is 14.6. The molecule has 0 unspecified atom stereocenters. The maximum atomic E-state index is 12.4. The third-order valence-corrected chi connectivity index (χ3v) is 3.80. The summed E-state index contributed by atoms with van der Waals surface area (Å²) >= 11 is 6.05. The number of aromatic nitrogens is 2. The number of nitrogens with zero attached hydrogens (tertiary/aromatic N) is 3. The van der Waals surface area contributed by atoms with Gasteiger partial charge in [-0.3, -0.25) is 4.79 Å². The van der Waals surface area contributed by atoms with Crippen molar-refractivity contribution < 1.29 is 4.79 Å². The van der Waals surface area contributed by atoms with Crippen molar-refractivity contribution >= 4 is 17.5 Å². The fraction of sp³-hybridized carbons (Fsp3) is 0.412. The van der Waals surface area contributed by atoms with Gasteiger partial charge in [-0.15, -0.1) is 0 Å². The molecule has 2 rings (SSSR count). The molecule has 2 aromatic rings. The zero-order valence-electron chi connectivity index (χ0n) is 13.8. The van der Waals surface area contributed by atoms with Crippen LogP contribution in [0.15, 0.2) is 30.5 Å². The van der Waals surface area contributed by atoms with E-state index in [4.69, 9.17) is 11.6 Å². The highest BCUT2D eigenvalue weighted by Gasteiger charge is 2.16. The quantitative estimate of drug-likeness (QED) is 0.792. The second-order valence-electron chi connectivity index (χ2n) is 5.66. The summed E-state index contributed by atoms with van der Waals surface area (Å²) in [5.41, 5.74) is 2.37. The highest BCUT2D eigenvalue weighted by molar-refractivity contribution is 6.30. The summed E-state index contributed by atoms with van der Waals surface area (Å²) in [6.07, 6.45) is 3.26. The molecular formula is C17H23ClN4O. The Morgan fingerprint density at radius 2 is 2.17 bits per heavy atom. The highest BCUT2D eigenvalue weighted by Crippen LogP contribution is 2.19. The van der Waals surface area contributed by atoms with Gasteiger partial charge in [-0.25, -0.2) is 4.68 Å². The number of hydrogen-bond acceptors (Lipinski definition) is 3. The summed E-state index contributed by atoms with van der Waals surface area (Å²) in [5.74, 6) is -0.0751. The van der Waals surface area contributed by atoms with Crippen LogP contribution in [0.3, 0.4) is 0 Å². The fourth-order valence-electron chi connectivity index (χ4n) is 2.43. The predicted molar refractivity (Wildman–Crippen MR) is 93.5 cm³/mol. The molecule has 0 aliphatic rings. The Hall–Kier alpha value is -1.85. The first-order valence-electron chi connectivity index (χ1n) is 7.78. The van der Waals surface area contributed by atoms with E-state index < -0.39 is 0 Å². The van der Waals surface area contributed by atoms with Gasteiger partial charge in [-0.1, -0.05) is 24.6 Å². The third kappa shape index (κ3) is 4.56. The Balaban J connectivity index is 2.13. The average Bonchev–Trinajstić information content (AvgIpc) is 2.95. The molecule has 0 saturated heterocycles. The molecule has 0 aliphatic heterocycles. The monoisotopic (exact) mass is 334 g/mol. The average molecular weight is 335 g/mol. The second-order valence-corrected chi connectivity index (χ2v) is 6.10. The van der Waals surface area contributed by atoms with Gasteiger partial charge in [-0.05, 0) is 51.7 Å². The van der Waals surface area contributed by atoms with Crippen LogP contribution < -0.4 is 5.32 Å². The van der Waals surface area contributed by atoms with Crippen LogP contribution in [0.5, 0.6) is 0 Å². The minimum atomic E-state index is -0.0751. The SMILES string of the molecule is CCc1c(C(=O)NCCCN(C)C)cnn1-c1cccc(Cl)c1. The topological polar surface area (TPSA) is 50.2 Å². The van der Waals surface area contributed by atoms with Crippen LogP contribution >= 0.6 is 11.6 Å². The van der Waals surface area contributed by atoms with Gasteiger partial charge < -0.3 is 10.2 Å². The van der Waals surface area contributed by atoms with Crippen LogP contribution in [0.1, 0.15) is 29.4 Å². The molecule has 1 aromatic heterocycles. The van der Waals surface area contributed by atoms with Crippen molar-refractivity contribution in [1.29, 1.82) is 0 Å². The highest BCUT2D eigenvalue weighted by atomic mass is 35.5. The van der Waals surface area contributed by atoms with E-state index in [0.29, 0.717) is 23.6 Å². The smallest absolute Gasteiger partial charge is 0.254 e. The molecule has 0 fully saturated rings. The lowest BCUT2D eigenvalue weighted by molar-refractivity contribution is 0.0951. The summed E-state index contributed by atoms with van der Waals surface area (Å²) < 4.78 is 1.78. The van der Waals surface area contributed by atoms with E-state index in [0.717, 1.165) is 24.3 Å². The number of carbonyl (C=O) groups excluding carboxylic acids is 1. The normalized spacial score (nSPS) is 11.0. The molecule has 0 aliphatic carbocycles. The standard InChI is InChI=1S/C17H23ClN4O/c1-4-16-15(17(23)19-9-6-10-21(2)3)12-20-22(16)14-8-5-7-13(18)11-14/h5,7-8,11-12H,4,6,9-10H2,1-3H3,(H,19,23). The van der Waals surface area contributed by atoms with Gasteiger partial charge in [0.05, 0.1) is 23.1 Å². The van der Waals surface area contributed by atoms with Crippen LogP contribution in [0, 0.1) is 0 Å². The summed E-state index contributed by atoms with van der Waals surface area (Å²) in [5, 5.41) is 7.97. The molecule has 1 N–H and O–H groups in total. The summed E-state index contributed by atoms with van der Waals surface area (Å²) in [7, 11) is 4.04. The van der Waals surface area contributed by atoms with E-state index in [1.165, 1.54) is 0 Å². The van der Waals surface area contributed by atoms with Crippen molar-refractivity contribution in [3.63, 3.8) is 0 Å². The molecule has 1 heterocycles. The van der Waals surface area contributed by atoms with Crippen molar-refractivity contribution in [3.05, 3.63) is 46.7 Å². The van der Waals surface area contributed by atoms with Crippen molar-refractivity contribution in [3.8, 4) is 5.69 Å². The first kappa shape index (κ1) is 17.5. The molecule has 23 heavy (non-hydrogen) atoms. The minimum absolute atomic E-state index is 0.0751. The fourth-order valence-corrected chi connectivity index (χ4v) is 2.61. The number of hydrogen-bond donors (Lipinski definition) is 1. The van der Waals surface area contributed by atoms with E-state index in [2.05, 4.69) is 15.3 Å². The van der Waals surface area contributed by atoms with Crippen molar-refractivity contribution in [2.45, 2.75) is 19.8 Å². The van der Waals surface area contributed by atoms with Crippen LogP contribution in [0.2, 0.25) is 5.02 Å². The number of carbonyl (C=O) groups is 1. The van der Waals surface area contributed by atoms with Gasteiger partial charge in [0, 0.05) is 11.6 Å². The molecule has 1 aromatic carbocycles. The number of rotatable bonds is 7. The van der Waals surface area contributed by atoms with Crippen molar-refractivity contribution in [2.24, 2.45) is 0 Å². The van der Waals surface area contributed by atoms with E-state index in [9.17, 15) is 4.79 Å². The Labute approximate surface area is 142 Å². The Bertz CT molecular complexity index is 666. The predicted octanol–water partition coefficient (Wildman–Crippen LogP) is 2.77. The molecule has 0 radical (unpaired) electrons. The minimum Gasteiger partial charge on any atom is -0.352 e. The van der Waals surface area contributed by atoms with Crippen LogP contribution in [0.4, 0.5) is 0 Å². The molecule has 6 heteroatoms. The molecule has 1 amide bonds. The summed E-state index contributed by atoms with van der Waals surface area (Å²) in [6, 6.07) is 7.46. The lowest BCUT2D eigenvalue weighted by atomic mass is 10.2. The first-order chi connectivity index (χ1) is 11.0. The zero-order chi connectivity index (χ0) is 16.8. The Kier molecular flexibility index (Phi) is 6.19. The van der Waals surface area contributed by atoms with E-state index >= 15 is 0 Å². The number of benzene rings is 1. The molecule has 0 spiro atoms. The van der Waals surface area contributed by atoms with Crippen molar-refractivity contribution in [2.75, 3.05) is 27.2 Å². The molecule has 124 valence electrons. The van der Waals surface area contributed by atoms with Gasteiger partial charge >= 0.3 is 0 Å². The maximum Gasteiger partial charge on any atom is 0.254 e. The molecule has 5 nitrogen and oxygen atoms in total. The number of nitrogens with one attached hydrogen (secondary N) is 1. The summed E-state index contributed by atoms with van der Waals surface area (Å²) in [4.78, 5) is 14.5. The third-order valence-electron chi connectivity index (χ3n) is 3.57. The number of halogens is 1. The molecule has 0 atom stereocenters. The van der Waals surface area contributed by atoms with Crippen LogP contribution in [0.25, 0.3) is 5.69 Å². The molecule has 0 bridgehead atoms. The summed E-state index contributed by atoms with van der Waals surface area (Å²) in [6.45, 7) is 3.62. The van der Waals surface area contributed by atoms with Gasteiger partial charge in [0.2, 0.25) is 0 Å². The van der Waals surface area contributed by atoms with Gasteiger partial charge in [-0.2, -0.15) is 5.10 Å². The van der Waals surface area contributed by atoms with Crippen molar-refractivity contribution in [1.82, 2.24) is 20.0 Å². The van der Waals surface area contributed by atoms with Gasteiger partial charge in [0.1, 0.15) is 0 Å². The molecular weight excluding hydrogens is 312 g/mol. The van der Waals surface area contributed by atoms with Crippen LogP contribution in [-0.4, -0.2) is 47.8 Å². The Morgan fingerprint density at radius 3 is 2.83 bits per heavy atom. The van der Waals surface area contributed by atoms with E-state index in [-0.39, 0.29) is 5.91 Å². The van der Waals surface area contributed by atoms with Crippen LogP contribution in [-0.2, 0) is 6.42 Å². The lowest BCUT2D eigenvalue weighted by Crippen LogP contribution is -2.27. The van der Waals surface area contributed by atoms with E-state index in [1.807, 2.05) is 45.3 Å². The largest absolute Gasteiger partial charge is 0.352 e. The van der Waals surface area contributed by atoms with E-state index in [1.54, 1.807) is 10.9 Å². The lowest BCUT2D eigenvalue weighted by Gasteiger charge is -2.11.